The molecule has 0 aliphatic rings. The van der Waals surface area contributed by atoms with Gasteiger partial charge in [0.1, 0.15) is 16.3 Å². The third kappa shape index (κ3) is 6.62. The first-order valence-electron chi connectivity index (χ1n) is 8.14. The molecule has 8 nitrogen and oxygen atoms in total. The van der Waals surface area contributed by atoms with Gasteiger partial charge in [0.05, 0.1) is 12.5 Å². The van der Waals surface area contributed by atoms with Gasteiger partial charge in [-0.05, 0) is 25.0 Å². The molecule has 1 aromatic carbocycles. The zero-order chi connectivity index (χ0) is 20.7. The van der Waals surface area contributed by atoms with E-state index in [-0.39, 0.29) is 18.9 Å². The van der Waals surface area contributed by atoms with Crippen LogP contribution in [0.5, 0.6) is 0 Å². The van der Waals surface area contributed by atoms with E-state index in [4.69, 9.17) is 10.00 Å². The number of amides is 1. The Kier molecular flexibility index (Phi) is 7.87. The molecular weight excluding hydrogens is 377 g/mol. The highest BCUT2D eigenvalue weighted by Gasteiger charge is 2.30. The molecule has 1 atom stereocenters. The van der Waals surface area contributed by atoms with E-state index in [0.717, 1.165) is 12.1 Å². The van der Waals surface area contributed by atoms with Crippen molar-refractivity contribution in [2.45, 2.75) is 37.6 Å². The summed E-state index contributed by atoms with van der Waals surface area (Å²) >= 11 is 0. The fourth-order valence-electron chi connectivity index (χ4n) is 1.87. The minimum Gasteiger partial charge on any atom is -0.456 e. The molecule has 0 saturated heterocycles. The van der Waals surface area contributed by atoms with Crippen molar-refractivity contribution in [3.8, 4) is 6.07 Å². The smallest absolute Gasteiger partial charge is 0.307 e. The van der Waals surface area contributed by atoms with Crippen LogP contribution in [-0.4, -0.2) is 39.0 Å². The van der Waals surface area contributed by atoms with E-state index < -0.39 is 44.8 Å². The number of hydrogen-bond donors (Lipinski definition) is 2. The Balaban J connectivity index is 2.45. The number of benzene rings is 1. The van der Waals surface area contributed by atoms with E-state index in [1.807, 2.05) is 6.07 Å². The van der Waals surface area contributed by atoms with Crippen LogP contribution in [0.3, 0.4) is 0 Å². The molecule has 2 N–H and O–H groups in total. The zero-order valence-corrected chi connectivity index (χ0v) is 16.1. The lowest BCUT2D eigenvalue weighted by Gasteiger charge is -2.27. The Bertz CT molecular complexity index is 835. The van der Waals surface area contributed by atoms with E-state index in [9.17, 15) is 22.4 Å². The number of esters is 1. The second-order valence-corrected chi connectivity index (χ2v) is 7.99. The number of ether oxygens (including phenoxy) is 1. The topological polar surface area (TPSA) is 125 Å². The van der Waals surface area contributed by atoms with Crippen molar-refractivity contribution in [2.75, 3.05) is 13.2 Å². The normalized spacial score (nSPS) is 13.5. The van der Waals surface area contributed by atoms with Crippen LogP contribution >= 0.6 is 0 Å². The number of nitrogens with zero attached hydrogens (tertiary/aromatic N) is 1. The van der Waals surface area contributed by atoms with Gasteiger partial charge in [-0.1, -0.05) is 26.0 Å². The first-order chi connectivity index (χ1) is 12.5. The van der Waals surface area contributed by atoms with Crippen LogP contribution in [0.1, 0.15) is 27.2 Å². The summed E-state index contributed by atoms with van der Waals surface area (Å²) < 4.78 is 44.3. The molecule has 0 saturated carbocycles. The summed E-state index contributed by atoms with van der Waals surface area (Å²) in [5.41, 5.74) is -1.10. The van der Waals surface area contributed by atoms with Gasteiger partial charge in [-0.2, -0.15) is 5.26 Å². The van der Waals surface area contributed by atoms with Gasteiger partial charge in [0, 0.05) is 6.54 Å². The number of sulfonamides is 1. The van der Waals surface area contributed by atoms with Gasteiger partial charge >= 0.3 is 5.97 Å². The van der Waals surface area contributed by atoms with Crippen molar-refractivity contribution in [2.24, 2.45) is 5.92 Å². The number of hydrogen-bond acceptors (Lipinski definition) is 6. The average molecular weight is 399 g/mol. The van der Waals surface area contributed by atoms with Gasteiger partial charge in [0.25, 0.3) is 5.91 Å². The molecule has 0 spiro atoms. The van der Waals surface area contributed by atoms with Crippen molar-refractivity contribution < 1.29 is 27.1 Å². The molecule has 0 fully saturated rings. The molecule has 148 valence electrons. The van der Waals surface area contributed by atoms with Crippen molar-refractivity contribution >= 4 is 21.9 Å². The minimum absolute atomic E-state index is 0.157. The lowest BCUT2D eigenvalue weighted by Crippen LogP contribution is -2.50. The minimum atomic E-state index is -4.10. The van der Waals surface area contributed by atoms with Gasteiger partial charge in [0.15, 0.2) is 6.61 Å². The fourth-order valence-corrected chi connectivity index (χ4v) is 2.98. The summed E-state index contributed by atoms with van der Waals surface area (Å²) in [6.07, 6.45) is -0.347. The molecule has 0 aromatic heterocycles. The highest BCUT2D eigenvalue weighted by Crippen LogP contribution is 2.15. The van der Waals surface area contributed by atoms with E-state index in [1.54, 1.807) is 20.8 Å². The van der Waals surface area contributed by atoms with E-state index in [1.165, 1.54) is 12.1 Å². The average Bonchev–Trinajstić information content (AvgIpc) is 2.59. The molecular formula is C17H22FN3O5S. The van der Waals surface area contributed by atoms with Gasteiger partial charge < -0.3 is 10.1 Å². The summed E-state index contributed by atoms with van der Waals surface area (Å²) in [6, 6.07) is 6.82. The molecule has 0 radical (unpaired) electrons. The maximum Gasteiger partial charge on any atom is 0.307 e. The van der Waals surface area contributed by atoms with Crippen LogP contribution in [0.2, 0.25) is 0 Å². The number of nitriles is 1. The molecule has 0 bridgehead atoms. The fraction of sp³-hybridized carbons (Fsp3) is 0.471. The number of halogens is 1. The lowest BCUT2D eigenvalue weighted by atomic mass is 9.90. The molecule has 1 aromatic rings. The van der Waals surface area contributed by atoms with E-state index in [2.05, 4.69) is 10.0 Å². The highest BCUT2D eigenvalue weighted by molar-refractivity contribution is 7.89. The van der Waals surface area contributed by atoms with E-state index in [0.29, 0.717) is 0 Å². The zero-order valence-electron chi connectivity index (χ0n) is 15.3. The summed E-state index contributed by atoms with van der Waals surface area (Å²) in [4.78, 5) is 22.9. The van der Waals surface area contributed by atoms with Gasteiger partial charge in [0.2, 0.25) is 10.0 Å². The van der Waals surface area contributed by atoms with Crippen molar-refractivity contribution in [3.05, 3.63) is 30.1 Å². The van der Waals surface area contributed by atoms with Gasteiger partial charge in [-0.15, -0.1) is 0 Å². The first-order valence-corrected chi connectivity index (χ1v) is 9.62. The summed E-state index contributed by atoms with van der Waals surface area (Å²) in [6.45, 7) is 4.16. The predicted octanol–water partition coefficient (Wildman–Crippen LogP) is 1.09. The second-order valence-electron chi connectivity index (χ2n) is 6.26. The monoisotopic (exact) mass is 399 g/mol. The molecule has 0 aliphatic carbocycles. The maximum absolute atomic E-state index is 13.5. The predicted molar refractivity (Wildman–Crippen MR) is 94.2 cm³/mol. The quantitative estimate of drug-likeness (QED) is 0.599. The Labute approximate surface area is 157 Å². The Morgan fingerprint density at radius 1 is 1.33 bits per heavy atom. The Morgan fingerprint density at radius 2 is 1.96 bits per heavy atom. The second kappa shape index (κ2) is 9.43. The van der Waals surface area contributed by atoms with Gasteiger partial charge in [-0.3, -0.25) is 9.59 Å². The van der Waals surface area contributed by atoms with Crippen LogP contribution < -0.4 is 10.0 Å². The number of rotatable bonds is 9. The molecule has 1 rings (SSSR count). The molecule has 1 amide bonds. The third-order valence-electron chi connectivity index (χ3n) is 3.90. The Morgan fingerprint density at radius 3 is 2.52 bits per heavy atom. The summed E-state index contributed by atoms with van der Waals surface area (Å²) in [7, 11) is -4.10. The molecule has 10 heteroatoms. The van der Waals surface area contributed by atoms with Crippen LogP contribution in [0.4, 0.5) is 4.39 Å². The SMILES string of the molecule is CC(C)[C@@](C)(C#N)NC(=O)COC(=O)CCNS(=O)(=O)c1ccccc1F. The largest absolute Gasteiger partial charge is 0.456 e. The van der Waals surface area contributed by atoms with Gasteiger partial charge in [-0.25, -0.2) is 17.5 Å². The third-order valence-corrected chi connectivity index (χ3v) is 5.39. The van der Waals surface area contributed by atoms with E-state index >= 15 is 0 Å². The highest BCUT2D eigenvalue weighted by atomic mass is 32.2. The van der Waals surface area contributed by atoms with Crippen LogP contribution in [0.15, 0.2) is 29.2 Å². The standard InChI is InChI=1S/C17H22FN3O5S/c1-12(2)17(3,11-19)21-15(22)10-26-16(23)8-9-20-27(24,25)14-7-5-4-6-13(14)18/h4-7,12,20H,8-10H2,1-3H3,(H,21,22)/t17-/m1/s1. The number of nitrogens with one attached hydrogen (secondary N) is 2. The summed E-state index contributed by atoms with van der Waals surface area (Å²) in [5.74, 6) is -2.53. The molecule has 0 aliphatic heterocycles. The number of carbonyl (C=O) groups is 2. The maximum atomic E-state index is 13.5. The molecule has 0 unspecified atom stereocenters. The lowest BCUT2D eigenvalue weighted by molar-refractivity contribution is -0.148. The Hall–Kier alpha value is -2.51. The number of carbonyl (C=O) groups excluding carboxylic acids is 2. The first kappa shape index (κ1) is 22.5. The van der Waals surface area contributed by atoms with Crippen LogP contribution in [-0.2, 0) is 24.3 Å². The van der Waals surface area contributed by atoms with Crippen molar-refractivity contribution in [1.82, 2.24) is 10.0 Å². The van der Waals surface area contributed by atoms with Crippen molar-refractivity contribution in [1.29, 1.82) is 5.26 Å². The van der Waals surface area contributed by atoms with Crippen LogP contribution in [0, 0.1) is 23.1 Å². The summed E-state index contributed by atoms with van der Waals surface area (Å²) in [5, 5.41) is 11.6. The molecule has 0 heterocycles. The molecule has 27 heavy (non-hydrogen) atoms. The van der Waals surface area contributed by atoms with Crippen LogP contribution in [0.25, 0.3) is 0 Å². The van der Waals surface area contributed by atoms with Crippen molar-refractivity contribution in [3.63, 3.8) is 0 Å².